The van der Waals surface area contributed by atoms with E-state index >= 15 is 0 Å². The van der Waals surface area contributed by atoms with Gasteiger partial charge < -0.3 is 0 Å². The Kier molecular flexibility index (Phi) is 7.92. The molecule has 0 aromatic heterocycles. The maximum atomic E-state index is 3.80. The summed E-state index contributed by atoms with van der Waals surface area (Å²) in [4.78, 5) is 0. The number of hydrogen-bond acceptors (Lipinski definition) is 0. The number of rotatable bonds is 7. The summed E-state index contributed by atoms with van der Waals surface area (Å²) in [5, 5.41) is 0. The van der Waals surface area contributed by atoms with Crippen molar-refractivity contribution in [3.8, 4) is 0 Å². The monoisotopic (exact) mass is 190 g/mol. The summed E-state index contributed by atoms with van der Waals surface area (Å²) >= 11 is 0. The fourth-order valence-corrected chi connectivity index (χ4v) is 1.57. The van der Waals surface area contributed by atoms with Crippen LogP contribution in [-0.2, 0) is 0 Å². The largest absolute Gasteiger partial charge is 0.103 e. The Balaban J connectivity index is 4.61. The average Bonchev–Trinajstić information content (AvgIpc) is 2.17. The highest BCUT2D eigenvalue weighted by Gasteiger charge is 2.07. The molecular weight excluding hydrogens is 168 g/mol. The minimum absolute atomic E-state index is 0.557. The van der Waals surface area contributed by atoms with Crippen molar-refractivity contribution in [2.24, 2.45) is 5.92 Å². The Morgan fingerprint density at radius 3 is 2.14 bits per heavy atom. The molecule has 0 bridgehead atoms. The third-order valence-electron chi connectivity index (χ3n) is 2.17. The lowest BCUT2D eigenvalue weighted by Gasteiger charge is -2.14. The van der Waals surface area contributed by atoms with E-state index in [1.807, 2.05) is 12.2 Å². The molecule has 0 N–H and O–H groups in total. The normalized spacial score (nSPS) is 12.4. The highest BCUT2D eigenvalue weighted by atomic mass is 14.1. The minimum atomic E-state index is 0.557. The van der Waals surface area contributed by atoms with Crippen LogP contribution in [0.4, 0.5) is 0 Å². The van der Waals surface area contributed by atoms with Gasteiger partial charge in [0.25, 0.3) is 0 Å². The van der Waals surface area contributed by atoms with Gasteiger partial charge in [-0.3, -0.25) is 0 Å². The molecule has 0 aromatic carbocycles. The lowest BCUT2D eigenvalue weighted by molar-refractivity contribution is 0.646. The van der Waals surface area contributed by atoms with Gasteiger partial charge in [-0.15, -0.1) is 13.2 Å². The zero-order valence-corrected chi connectivity index (χ0v) is 9.50. The van der Waals surface area contributed by atoms with Crippen LogP contribution in [0.25, 0.3) is 0 Å². The number of hydrogen-bond donors (Lipinski definition) is 0. The van der Waals surface area contributed by atoms with Gasteiger partial charge in [-0.05, 0) is 37.7 Å². The van der Waals surface area contributed by atoms with Gasteiger partial charge in [0.05, 0.1) is 0 Å². The first-order chi connectivity index (χ1) is 6.79. The molecule has 0 nitrogen and oxygen atoms in total. The Hall–Kier alpha value is -1.04. The van der Waals surface area contributed by atoms with E-state index in [0.717, 1.165) is 19.3 Å². The smallest absolute Gasteiger partial charge is 0.00963 e. The van der Waals surface area contributed by atoms with Crippen molar-refractivity contribution in [2.45, 2.75) is 33.1 Å². The standard InChI is InChI=1S/C14H22/c1-5-9-13(10-6-2)14(11-7-3)12-8-4/h5-7,11-13H,1-2,8-10H2,3-4H3/b11-7-,14-12+. The molecule has 0 aliphatic heterocycles. The summed E-state index contributed by atoms with van der Waals surface area (Å²) in [6, 6.07) is 0. The molecule has 0 saturated heterocycles. The summed E-state index contributed by atoms with van der Waals surface area (Å²) in [7, 11) is 0. The van der Waals surface area contributed by atoms with Crippen molar-refractivity contribution in [3.05, 3.63) is 49.1 Å². The summed E-state index contributed by atoms with van der Waals surface area (Å²) < 4.78 is 0. The predicted molar refractivity (Wildman–Crippen MR) is 66.3 cm³/mol. The Morgan fingerprint density at radius 2 is 1.79 bits per heavy atom. The van der Waals surface area contributed by atoms with Gasteiger partial charge in [-0.1, -0.05) is 37.3 Å². The van der Waals surface area contributed by atoms with Crippen LogP contribution in [0.5, 0.6) is 0 Å². The van der Waals surface area contributed by atoms with Crippen molar-refractivity contribution in [1.29, 1.82) is 0 Å². The average molecular weight is 190 g/mol. The first-order valence-electron chi connectivity index (χ1n) is 5.34. The van der Waals surface area contributed by atoms with Crippen LogP contribution >= 0.6 is 0 Å². The van der Waals surface area contributed by atoms with Gasteiger partial charge in [0.2, 0.25) is 0 Å². The summed E-state index contributed by atoms with van der Waals surface area (Å²) in [5.41, 5.74) is 1.41. The Labute approximate surface area is 88.7 Å². The summed E-state index contributed by atoms with van der Waals surface area (Å²) in [6.07, 6.45) is 13.7. The van der Waals surface area contributed by atoms with Crippen LogP contribution in [-0.4, -0.2) is 0 Å². The van der Waals surface area contributed by atoms with Gasteiger partial charge >= 0.3 is 0 Å². The molecule has 0 heterocycles. The minimum Gasteiger partial charge on any atom is -0.103 e. The molecule has 0 aromatic rings. The zero-order valence-electron chi connectivity index (χ0n) is 9.50. The molecule has 0 spiro atoms. The van der Waals surface area contributed by atoms with Gasteiger partial charge in [0.1, 0.15) is 0 Å². The highest BCUT2D eigenvalue weighted by molar-refractivity contribution is 5.22. The second kappa shape index (κ2) is 8.55. The van der Waals surface area contributed by atoms with Crippen LogP contribution in [0.1, 0.15) is 33.1 Å². The van der Waals surface area contributed by atoms with Gasteiger partial charge in [0.15, 0.2) is 0 Å². The summed E-state index contributed by atoms with van der Waals surface area (Å²) in [6.45, 7) is 11.8. The third kappa shape index (κ3) is 4.86. The molecule has 0 heteroatoms. The molecule has 0 rings (SSSR count). The van der Waals surface area contributed by atoms with Crippen LogP contribution in [0.15, 0.2) is 49.1 Å². The molecule has 0 fully saturated rings. The second-order valence-corrected chi connectivity index (χ2v) is 3.36. The van der Waals surface area contributed by atoms with E-state index in [0.29, 0.717) is 5.92 Å². The lowest BCUT2D eigenvalue weighted by Crippen LogP contribution is -2.00. The molecule has 78 valence electrons. The van der Waals surface area contributed by atoms with Crippen LogP contribution in [0, 0.1) is 5.92 Å². The maximum absolute atomic E-state index is 3.80. The van der Waals surface area contributed by atoms with Crippen molar-refractivity contribution in [3.63, 3.8) is 0 Å². The second-order valence-electron chi connectivity index (χ2n) is 3.36. The Morgan fingerprint density at radius 1 is 1.21 bits per heavy atom. The van der Waals surface area contributed by atoms with Gasteiger partial charge in [0, 0.05) is 0 Å². The first kappa shape index (κ1) is 13.0. The molecule has 0 unspecified atom stereocenters. The van der Waals surface area contributed by atoms with E-state index in [9.17, 15) is 0 Å². The molecule has 0 aliphatic rings. The van der Waals surface area contributed by atoms with Crippen molar-refractivity contribution in [2.75, 3.05) is 0 Å². The van der Waals surface area contributed by atoms with E-state index < -0.39 is 0 Å². The lowest BCUT2D eigenvalue weighted by atomic mass is 9.91. The van der Waals surface area contributed by atoms with Crippen LogP contribution < -0.4 is 0 Å². The van der Waals surface area contributed by atoms with Crippen molar-refractivity contribution < 1.29 is 0 Å². The number of allylic oxidation sites excluding steroid dienone is 6. The fourth-order valence-electron chi connectivity index (χ4n) is 1.57. The Bertz CT molecular complexity index is 208. The maximum Gasteiger partial charge on any atom is -0.00963 e. The van der Waals surface area contributed by atoms with Gasteiger partial charge in [-0.2, -0.15) is 0 Å². The quantitative estimate of drug-likeness (QED) is 0.404. The molecule has 0 aliphatic carbocycles. The molecule has 0 atom stereocenters. The van der Waals surface area contributed by atoms with Crippen LogP contribution in [0.2, 0.25) is 0 Å². The third-order valence-corrected chi connectivity index (χ3v) is 2.17. The molecule has 0 amide bonds. The predicted octanol–water partition coefficient (Wildman–Crippen LogP) is 4.67. The summed E-state index contributed by atoms with van der Waals surface area (Å²) in [5.74, 6) is 0.557. The van der Waals surface area contributed by atoms with Crippen molar-refractivity contribution >= 4 is 0 Å². The van der Waals surface area contributed by atoms with E-state index in [1.54, 1.807) is 0 Å². The van der Waals surface area contributed by atoms with E-state index in [2.05, 4.69) is 45.2 Å². The van der Waals surface area contributed by atoms with E-state index in [1.165, 1.54) is 5.57 Å². The first-order valence-corrected chi connectivity index (χ1v) is 5.34. The zero-order chi connectivity index (χ0) is 10.8. The van der Waals surface area contributed by atoms with Crippen molar-refractivity contribution in [1.82, 2.24) is 0 Å². The SMILES string of the molecule is C=CCC(CC=C)C(/C=C\C)=C/CC. The molecule has 0 radical (unpaired) electrons. The molecule has 14 heavy (non-hydrogen) atoms. The molecule has 0 saturated carbocycles. The van der Waals surface area contributed by atoms with E-state index in [-0.39, 0.29) is 0 Å². The molecular formula is C14H22. The van der Waals surface area contributed by atoms with E-state index in [4.69, 9.17) is 0 Å². The highest BCUT2D eigenvalue weighted by Crippen LogP contribution is 2.22. The van der Waals surface area contributed by atoms with Gasteiger partial charge in [-0.25, -0.2) is 0 Å². The topological polar surface area (TPSA) is 0 Å². The fraction of sp³-hybridized carbons (Fsp3) is 0.429. The van der Waals surface area contributed by atoms with Crippen LogP contribution in [0.3, 0.4) is 0 Å².